The van der Waals surface area contributed by atoms with Crippen LogP contribution in [0.15, 0.2) is 59.4 Å². The van der Waals surface area contributed by atoms with E-state index in [1.54, 1.807) is 23.6 Å². The van der Waals surface area contributed by atoms with Crippen LogP contribution in [0.25, 0.3) is 11.1 Å². The zero-order chi connectivity index (χ0) is 19.7. The predicted octanol–water partition coefficient (Wildman–Crippen LogP) is 4.10. The van der Waals surface area contributed by atoms with E-state index in [4.69, 9.17) is 0 Å². The summed E-state index contributed by atoms with van der Waals surface area (Å²) in [5.74, 6) is -0.245. The van der Waals surface area contributed by atoms with Gasteiger partial charge in [0.1, 0.15) is 5.82 Å². The molecule has 0 radical (unpaired) electrons. The first-order valence-corrected chi connectivity index (χ1v) is 9.77. The van der Waals surface area contributed by atoms with Crippen molar-refractivity contribution in [1.29, 1.82) is 0 Å². The third-order valence-corrected chi connectivity index (χ3v) is 5.72. The van der Waals surface area contributed by atoms with E-state index in [1.165, 1.54) is 17.2 Å². The highest BCUT2D eigenvalue weighted by atomic mass is 19.1. The molecule has 4 heteroatoms. The van der Waals surface area contributed by atoms with E-state index in [0.717, 1.165) is 43.7 Å². The molecule has 3 nitrogen and oxygen atoms in total. The van der Waals surface area contributed by atoms with Gasteiger partial charge < -0.3 is 4.57 Å². The van der Waals surface area contributed by atoms with Crippen molar-refractivity contribution in [1.82, 2.24) is 9.47 Å². The van der Waals surface area contributed by atoms with Gasteiger partial charge in [-0.3, -0.25) is 9.69 Å². The molecule has 3 aromatic rings. The van der Waals surface area contributed by atoms with Gasteiger partial charge in [0.05, 0.1) is 0 Å². The first-order chi connectivity index (χ1) is 13.5. The molecule has 1 aromatic heterocycles. The molecule has 2 aromatic carbocycles. The molecule has 0 saturated heterocycles. The Morgan fingerprint density at radius 3 is 2.61 bits per heavy atom. The lowest BCUT2D eigenvalue weighted by molar-refractivity contribution is 0.252. The number of benzene rings is 2. The van der Waals surface area contributed by atoms with Crippen LogP contribution in [-0.2, 0) is 26.4 Å². The Morgan fingerprint density at radius 1 is 1.07 bits per heavy atom. The molecular weight excluding hydrogens is 351 g/mol. The zero-order valence-corrected chi connectivity index (χ0v) is 16.4. The maximum absolute atomic E-state index is 13.7. The Bertz CT molecular complexity index is 1060. The van der Waals surface area contributed by atoms with Crippen molar-refractivity contribution >= 4 is 0 Å². The molecule has 0 unspecified atom stereocenters. The first kappa shape index (κ1) is 18.6. The zero-order valence-electron chi connectivity index (χ0n) is 16.4. The highest BCUT2D eigenvalue weighted by Crippen LogP contribution is 2.24. The van der Waals surface area contributed by atoms with Gasteiger partial charge in [-0.05, 0) is 53.8 Å². The van der Waals surface area contributed by atoms with Gasteiger partial charge in [-0.1, -0.05) is 36.4 Å². The van der Waals surface area contributed by atoms with Crippen LogP contribution < -0.4 is 5.56 Å². The Morgan fingerprint density at radius 2 is 1.86 bits per heavy atom. The molecule has 0 bridgehead atoms. The third kappa shape index (κ3) is 3.65. The van der Waals surface area contributed by atoms with Gasteiger partial charge in [-0.15, -0.1) is 0 Å². The molecule has 144 valence electrons. The van der Waals surface area contributed by atoms with Crippen molar-refractivity contribution in [3.05, 3.63) is 93.2 Å². The maximum Gasteiger partial charge on any atom is 0.258 e. The van der Waals surface area contributed by atoms with Gasteiger partial charge in [0.15, 0.2) is 0 Å². The summed E-state index contributed by atoms with van der Waals surface area (Å²) in [4.78, 5) is 15.3. The van der Waals surface area contributed by atoms with Crippen molar-refractivity contribution < 1.29 is 4.39 Å². The van der Waals surface area contributed by atoms with Gasteiger partial charge in [0.25, 0.3) is 5.56 Å². The van der Waals surface area contributed by atoms with Crippen LogP contribution in [-0.4, -0.2) is 22.6 Å². The summed E-state index contributed by atoms with van der Waals surface area (Å²) in [5, 5.41) is 0. The Balaban J connectivity index is 1.61. The van der Waals surface area contributed by atoms with E-state index in [1.807, 2.05) is 19.2 Å². The quantitative estimate of drug-likeness (QED) is 0.685. The van der Waals surface area contributed by atoms with Crippen LogP contribution in [0.1, 0.15) is 22.4 Å². The summed E-state index contributed by atoms with van der Waals surface area (Å²) in [6.07, 6.45) is 1.89. The van der Waals surface area contributed by atoms with E-state index in [-0.39, 0.29) is 11.4 Å². The number of rotatable bonds is 4. The molecule has 1 aliphatic heterocycles. The molecule has 0 saturated carbocycles. The number of aromatic nitrogens is 1. The molecule has 0 atom stereocenters. The Kier molecular flexibility index (Phi) is 5.14. The third-order valence-electron chi connectivity index (χ3n) is 5.72. The second kappa shape index (κ2) is 7.72. The Hall–Kier alpha value is -2.72. The van der Waals surface area contributed by atoms with Crippen molar-refractivity contribution in [2.45, 2.75) is 26.3 Å². The molecular formula is C24H25FN2O. The lowest BCUT2D eigenvalue weighted by Crippen LogP contribution is -2.36. The van der Waals surface area contributed by atoms with Crippen LogP contribution in [0.2, 0.25) is 0 Å². The molecule has 1 aliphatic rings. The minimum atomic E-state index is -0.245. The second-order valence-corrected chi connectivity index (χ2v) is 7.62. The topological polar surface area (TPSA) is 25.2 Å². The highest BCUT2D eigenvalue weighted by molar-refractivity contribution is 5.64. The molecule has 0 aliphatic carbocycles. The standard InChI is InChI=1S/C24H25FN2O/c1-17-14-19(8-9-22(17)25)21-15-20-16-27(12-10-18-6-4-3-5-7-18)13-11-23(20)26(2)24(21)28/h3-9,14-15H,10-13,16H2,1-2H3. The minimum absolute atomic E-state index is 0.0116. The molecule has 0 spiro atoms. The molecule has 2 heterocycles. The summed E-state index contributed by atoms with van der Waals surface area (Å²) in [5.41, 5.74) is 5.63. The number of hydrogen-bond acceptors (Lipinski definition) is 2. The fourth-order valence-corrected chi connectivity index (χ4v) is 4.03. The number of halogens is 1. The van der Waals surface area contributed by atoms with E-state index in [2.05, 4.69) is 29.2 Å². The van der Waals surface area contributed by atoms with Gasteiger partial charge >= 0.3 is 0 Å². The van der Waals surface area contributed by atoms with Crippen molar-refractivity contribution in [2.75, 3.05) is 13.1 Å². The maximum atomic E-state index is 13.7. The van der Waals surface area contributed by atoms with E-state index in [0.29, 0.717) is 11.1 Å². The summed E-state index contributed by atoms with van der Waals surface area (Å²) in [6.45, 7) is 4.52. The lowest BCUT2D eigenvalue weighted by Gasteiger charge is -2.30. The molecule has 28 heavy (non-hydrogen) atoms. The first-order valence-electron chi connectivity index (χ1n) is 9.77. The number of nitrogens with zero attached hydrogens (tertiary/aromatic N) is 2. The highest BCUT2D eigenvalue weighted by Gasteiger charge is 2.21. The van der Waals surface area contributed by atoms with Crippen LogP contribution in [0.5, 0.6) is 0 Å². The summed E-state index contributed by atoms with van der Waals surface area (Å²) < 4.78 is 15.4. The number of fused-ring (bicyclic) bond motifs is 1. The molecule has 0 amide bonds. The Labute approximate surface area is 165 Å². The monoisotopic (exact) mass is 376 g/mol. The summed E-state index contributed by atoms with van der Waals surface area (Å²) in [6, 6.07) is 17.4. The predicted molar refractivity (Wildman–Crippen MR) is 111 cm³/mol. The van der Waals surface area contributed by atoms with Crippen molar-refractivity contribution in [3.63, 3.8) is 0 Å². The van der Waals surface area contributed by atoms with Gasteiger partial charge in [0, 0.05) is 44.4 Å². The van der Waals surface area contributed by atoms with Gasteiger partial charge in [-0.2, -0.15) is 0 Å². The van der Waals surface area contributed by atoms with E-state index >= 15 is 0 Å². The molecule has 0 fully saturated rings. The minimum Gasteiger partial charge on any atom is -0.315 e. The van der Waals surface area contributed by atoms with Crippen LogP contribution >= 0.6 is 0 Å². The van der Waals surface area contributed by atoms with E-state index in [9.17, 15) is 9.18 Å². The van der Waals surface area contributed by atoms with Crippen LogP contribution in [0.4, 0.5) is 4.39 Å². The summed E-state index contributed by atoms with van der Waals surface area (Å²) in [7, 11) is 1.85. The van der Waals surface area contributed by atoms with Gasteiger partial charge in [-0.25, -0.2) is 4.39 Å². The largest absolute Gasteiger partial charge is 0.315 e. The SMILES string of the molecule is Cc1cc(-c2cc3c(n(C)c2=O)CCN(CCc2ccccc2)C3)ccc1F. The van der Waals surface area contributed by atoms with Gasteiger partial charge in [0.2, 0.25) is 0 Å². The average Bonchev–Trinajstić information content (AvgIpc) is 2.72. The molecule has 0 N–H and O–H groups in total. The fourth-order valence-electron chi connectivity index (χ4n) is 4.03. The number of hydrogen-bond donors (Lipinski definition) is 0. The molecule has 4 rings (SSSR count). The van der Waals surface area contributed by atoms with Crippen LogP contribution in [0.3, 0.4) is 0 Å². The van der Waals surface area contributed by atoms with Crippen LogP contribution in [0, 0.1) is 12.7 Å². The van der Waals surface area contributed by atoms with E-state index < -0.39 is 0 Å². The number of pyridine rings is 1. The average molecular weight is 376 g/mol. The lowest BCUT2D eigenvalue weighted by atomic mass is 9.98. The number of aryl methyl sites for hydroxylation is 1. The fraction of sp³-hybridized carbons (Fsp3) is 0.292. The smallest absolute Gasteiger partial charge is 0.258 e. The second-order valence-electron chi connectivity index (χ2n) is 7.62. The summed E-state index contributed by atoms with van der Waals surface area (Å²) >= 11 is 0. The van der Waals surface area contributed by atoms with Crippen molar-refractivity contribution in [2.24, 2.45) is 7.05 Å². The normalized spacial score (nSPS) is 14.1. The van der Waals surface area contributed by atoms with Crippen molar-refractivity contribution in [3.8, 4) is 11.1 Å².